The zero-order valence-corrected chi connectivity index (χ0v) is 12.1. The van der Waals surface area contributed by atoms with Crippen LogP contribution in [0.15, 0.2) is 40.9 Å². The molecule has 7 heteroatoms. The van der Waals surface area contributed by atoms with Crippen LogP contribution in [0.2, 0.25) is 0 Å². The van der Waals surface area contributed by atoms with Crippen molar-refractivity contribution in [2.75, 3.05) is 5.32 Å². The largest absolute Gasteiger partial charge is 0.353 e. The molecule has 0 aliphatic heterocycles. The van der Waals surface area contributed by atoms with E-state index in [-0.39, 0.29) is 11.3 Å². The lowest BCUT2D eigenvalue weighted by Gasteiger charge is -2.10. The monoisotopic (exact) mass is 342 g/mol. The molecule has 102 valence electrons. The van der Waals surface area contributed by atoms with Crippen LogP contribution in [0, 0.1) is 32.8 Å². The zero-order chi connectivity index (χ0) is 15.4. The lowest BCUT2D eigenvalue weighted by Crippen LogP contribution is -1.98. The Morgan fingerprint density at radius 1 is 1.05 bits per heavy atom. The normalized spacial score (nSPS) is 9.48. The first-order valence-corrected chi connectivity index (χ1v) is 6.49. The van der Waals surface area contributed by atoms with Crippen molar-refractivity contribution in [1.82, 2.24) is 0 Å². The molecule has 0 unspecified atom stereocenters. The Bertz CT molecular complexity index is 806. The Morgan fingerprint density at radius 2 is 1.76 bits per heavy atom. The molecule has 1 N–H and O–H groups in total. The summed E-state index contributed by atoms with van der Waals surface area (Å²) in [6.45, 7) is 0. The summed E-state index contributed by atoms with van der Waals surface area (Å²) in [7, 11) is 0. The molecule has 6 nitrogen and oxygen atoms in total. The lowest BCUT2D eigenvalue weighted by molar-refractivity contribution is -0.384. The molecule has 0 amide bonds. The molecule has 0 bridgehead atoms. The molecule has 2 rings (SSSR count). The van der Waals surface area contributed by atoms with Gasteiger partial charge in [-0.1, -0.05) is 15.9 Å². The van der Waals surface area contributed by atoms with E-state index < -0.39 is 4.92 Å². The molecule has 0 heterocycles. The van der Waals surface area contributed by atoms with E-state index in [0.29, 0.717) is 16.9 Å². The first kappa shape index (κ1) is 14.5. The molecule has 0 aromatic heterocycles. The van der Waals surface area contributed by atoms with E-state index in [2.05, 4.69) is 21.2 Å². The lowest BCUT2D eigenvalue weighted by atomic mass is 10.1. The van der Waals surface area contributed by atoms with E-state index in [1.807, 2.05) is 12.1 Å². The van der Waals surface area contributed by atoms with Crippen molar-refractivity contribution in [2.24, 2.45) is 0 Å². The van der Waals surface area contributed by atoms with Crippen molar-refractivity contribution in [2.45, 2.75) is 0 Å². The van der Waals surface area contributed by atoms with Crippen molar-refractivity contribution < 1.29 is 4.92 Å². The van der Waals surface area contributed by atoms with E-state index in [4.69, 9.17) is 10.5 Å². The second-order valence-electron chi connectivity index (χ2n) is 4.03. The van der Waals surface area contributed by atoms with E-state index >= 15 is 0 Å². The topological polar surface area (TPSA) is 103 Å². The molecule has 2 aromatic rings. The SMILES string of the molecule is N#Cc1cc([N+](=O)[O-])ccc1Nc1cc(Br)ccc1C#N. The maximum absolute atomic E-state index is 10.7. The molecule has 0 spiro atoms. The van der Waals surface area contributed by atoms with Crippen molar-refractivity contribution in [1.29, 1.82) is 10.5 Å². The third-order valence-electron chi connectivity index (χ3n) is 2.71. The summed E-state index contributed by atoms with van der Waals surface area (Å²) in [5.74, 6) is 0. The highest BCUT2D eigenvalue weighted by atomic mass is 79.9. The number of nitriles is 2. The van der Waals surface area contributed by atoms with Gasteiger partial charge in [-0.05, 0) is 24.3 Å². The minimum absolute atomic E-state index is 0.132. The van der Waals surface area contributed by atoms with Crippen LogP contribution in [0.25, 0.3) is 0 Å². The molecule has 0 saturated carbocycles. The summed E-state index contributed by atoms with van der Waals surface area (Å²) in [5.41, 5.74) is 1.29. The molecule has 21 heavy (non-hydrogen) atoms. The molecular formula is C14H7BrN4O2. The predicted octanol–water partition coefficient (Wildman–Crippen LogP) is 3.84. The summed E-state index contributed by atoms with van der Waals surface area (Å²) in [5, 5.41) is 31.8. The summed E-state index contributed by atoms with van der Waals surface area (Å²) in [6.07, 6.45) is 0. The van der Waals surface area contributed by atoms with Gasteiger partial charge >= 0.3 is 0 Å². The average Bonchev–Trinajstić information content (AvgIpc) is 2.47. The molecule has 2 aromatic carbocycles. The van der Waals surface area contributed by atoms with Crippen LogP contribution in [-0.4, -0.2) is 4.92 Å². The number of nitrogens with zero attached hydrogens (tertiary/aromatic N) is 3. The fraction of sp³-hybridized carbons (Fsp3) is 0. The Labute approximate surface area is 128 Å². The number of nitro benzene ring substituents is 1. The van der Waals surface area contributed by atoms with Gasteiger partial charge in [0.25, 0.3) is 5.69 Å². The zero-order valence-electron chi connectivity index (χ0n) is 10.5. The minimum Gasteiger partial charge on any atom is -0.353 e. The Balaban J connectivity index is 2.46. The minimum atomic E-state index is -0.565. The summed E-state index contributed by atoms with van der Waals surface area (Å²) in [6, 6.07) is 12.9. The molecule has 0 fully saturated rings. The number of hydrogen-bond donors (Lipinski definition) is 1. The number of anilines is 2. The second kappa shape index (κ2) is 6.04. The van der Waals surface area contributed by atoms with E-state index in [1.165, 1.54) is 18.2 Å². The Kier molecular flexibility index (Phi) is 4.17. The molecule has 0 aliphatic rings. The van der Waals surface area contributed by atoms with Crippen LogP contribution < -0.4 is 5.32 Å². The number of nitrogens with one attached hydrogen (secondary N) is 1. The van der Waals surface area contributed by atoms with Crippen LogP contribution >= 0.6 is 15.9 Å². The predicted molar refractivity (Wildman–Crippen MR) is 80.0 cm³/mol. The van der Waals surface area contributed by atoms with Crippen LogP contribution in [-0.2, 0) is 0 Å². The van der Waals surface area contributed by atoms with Gasteiger partial charge in [0.05, 0.1) is 27.4 Å². The number of halogens is 1. The Hall–Kier alpha value is -2.90. The molecule has 0 radical (unpaired) electrons. The summed E-state index contributed by atoms with van der Waals surface area (Å²) in [4.78, 5) is 10.1. The molecule has 0 aliphatic carbocycles. The van der Waals surface area contributed by atoms with Gasteiger partial charge in [-0.3, -0.25) is 10.1 Å². The van der Waals surface area contributed by atoms with Gasteiger partial charge in [-0.15, -0.1) is 0 Å². The number of benzene rings is 2. The van der Waals surface area contributed by atoms with Gasteiger partial charge in [0.1, 0.15) is 12.1 Å². The quantitative estimate of drug-likeness (QED) is 0.674. The number of rotatable bonds is 3. The van der Waals surface area contributed by atoms with Crippen LogP contribution in [0.3, 0.4) is 0 Å². The molecular weight excluding hydrogens is 336 g/mol. The van der Waals surface area contributed by atoms with Gasteiger partial charge in [-0.2, -0.15) is 10.5 Å². The molecule has 0 saturated heterocycles. The molecule has 0 atom stereocenters. The van der Waals surface area contributed by atoms with Gasteiger partial charge in [0, 0.05) is 16.6 Å². The van der Waals surface area contributed by atoms with Crippen LogP contribution in [0.4, 0.5) is 17.1 Å². The average molecular weight is 343 g/mol. The van der Waals surface area contributed by atoms with E-state index in [0.717, 1.165) is 4.47 Å². The number of non-ortho nitro benzene ring substituents is 1. The van der Waals surface area contributed by atoms with Crippen LogP contribution in [0.5, 0.6) is 0 Å². The van der Waals surface area contributed by atoms with Gasteiger partial charge in [0.2, 0.25) is 0 Å². The third-order valence-corrected chi connectivity index (χ3v) is 3.20. The number of hydrogen-bond acceptors (Lipinski definition) is 5. The highest BCUT2D eigenvalue weighted by molar-refractivity contribution is 9.10. The highest BCUT2D eigenvalue weighted by Crippen LogP contribution is 2.28. The maximum Gasteiger partial charge on any atom is 0.270 e. The maximum atomic E-state index is 10.7. The van der Waals surface area contributed by atoms with Gasteiger partial charge in [0.15, 0.2) is 0 Å². The number of nitro groups is 1. The fourth-order valence-corrected chi connectivity index (χ4v) is 2.07. The van der Waals surface area contributed by atoms with Crippen molar-refractivity contribution in [3.63, 3.8) is 0 Å². The van der Waals surface area contributed by atoms with Gasteiger partial charge in [-0.25, -0.2) is 0 Å². The van der Waals surface area contributed by atoms with Crippen molar-refractivity contribution in [3.05, 3.63) is 62.1 Å². The summed E-state index contributed by atoms with van der Waals surface area (Å²) >= 11 is 3.30. The van der Waals surface area contributed by atoms with Crippen molar-refractivity contribution in [3.8, 4) is 12.1 Å². The standard InChI is InChI=1S/C14H7BrN4O2/c15-11-2-1-9(7-16)14(6-11)18-13-4-3-12(19(20)21)5-10(13)8-17/h1-6,18H. The third kappa shape index (κ3) is 3.16. The second-order valence-corrected chi connectivity index (χ2v) is 4.94. The highest BCUT2D eigenvalue weighted by Gasteiger charge is 2.12. The first-order chi connectivity index (χ1) is 10.0. The van der Waals surface area contributed by atoms with E-state index in [9.17, 15) is 10.1 Å². The van der Waals surface area contributed by atoms with Crippen LogP contribution in [0.1, 0.15) is 11.1 Å². The summed E-state index contributed by atoms with van der Waals surface area (Å²) < 4.78 is 0.768. The van der Waals surface area contributed by atoms with Crippen molar-refractivity contribution >= 4 is 33.0 Å². The Morgan fingerprint density at radius 3 is 2.38 bits per heavy atom. The fourth-order valence-electron chi connectivity index (χ4n) is 1.71. The van der Waals surface area contributed by atoms with E-state index in [1.54, 1.807) is 18.2 Å². The van der Waals surface area contributed by atoms with Gasteiger partial charge < -0.3 is 5.32 Å². The smallest absolute Gasteiger partial charge is 0.270 e. The first-order valence-electron chi connectivity index (χ1n) is 5.70.